The molecule has 0 bridgehead atoms. The zero-order valence-corrected chi connectivity index (χ0v) is 14.8. The fraction of sp³-hybridized carbons (Fsp3) is 0.562. The van der Waals surface area contributed by atoms with Crippen molar-refractivity contribution in [1.29, 1.82) is 0 Å². The second-order valence-electron chi connectivity index (χ2n) is 5.93. The topological polar surface area (TPSA) is 49.6 Å². The summed E-state index contributed by atoms with van der Waals surface area (Å²) >= 11 is 6.03. The average molecular weight is 346 g/mol. The summed E-state index contributed by atoms with van der Waals surface area (Å²) in [7, 11) is 0. The lowest BCUT2D eigenvalue weighted by atomic mass is 9.95. The number of anilines is 1. The Morgan fingerprint density at radius 1 is 1.32 bits per heavy atom. The number of hydrogen-bond acceptors (Lipinski definition) is 3. The van der Waals surface area contributed by atoms with Gasteiger partial charge >= 0.3 is 0 Å². The number of carbonyl (C=O) groups excluding carboxylic acids is 1. The predicted molar refractivity (Wildman–Crippen MR) is 95.0 cm³/mol. The van der Waals surface area contributed by atoms with E-state index in [1.54, 1.807) is 0 Å². The largest absolute Gasteiger partial charge is 0.368 e. The summed E-state index contributed by atoms with van der Waals surface area (Å²) in [5, 5.41) is 0.739. The van der Waals surface area contributed by atoms with Crippen LogP contribution in [0.4, 0.5) is 5.69 Å². The highest BCUT2D eigenvalue weighted by molar-refractivity contribution is 6.30. The van der Waals surface area contributed by atoms with Crippen LogP contribution >= 0.6 is 24.0 Å². The van der Waals surface area contributed by atoms with Crippen LogP contribution in [-0.4, -0.2) is 42.5 Å². The lowest BCUT2D eigenvalue weighted by Crippen LogP contribution is -2.58. The van der Waals surface area contributed by atoms with Gasteiger partial charge in [0.2, 0.25) is 5.91 Å². The van der Waals surface area contributed by atoms with Gasteiger partial charge in [0.05, 0.1) is 5.54 Å². The molecule has 2 rings (SSSR count). The first kappa shape index (κ1) is 19.1. The van der Waals surface area contributed by atoms with Crippen molar-refractivity contribution in [2.75, 3.05) is 31.1 Å². The molecule has 0 saturated carbocycles. The lowest BCUT2D eigenvalue weighted by Gasteiger charge is -2.39. The second-order valence-corrected chi connectivity index (χ2v) is 6.36. The van der Waals surface area contributed by atoms with E-state index in [-0.39, 0.29) is 18.3 Å². The number of nitrogens with zero attached hydrogens (tertiary/aromatic N) is 2. The highest BCUT2D eigenvalue weighted by Gasteiger charge is 2.33. The molecule has 22 heavy (non-hydrogen) atoms. The third-order valence-corrected chi connectivity index (χ3v) is 4.23. The van der Waals surface area contributed by atoms with Crippen molar-refractivity contribution < 1.29 is 4.79 Å². The van der Waals surface area contributed by atoms with Crippen molar-refractivity contribution in [1.82, 2.24) is 4.90 Å². The molecule has 1 aromatic rings. The maximum absolute atomic E-state index is 12.5. The molecule has 1 unspecified atom stereocenters. The summed E-state index contributed by atoms with van der Waals surface area (Å²) in [5.41, 5.74) is 6.51. The molecule has 0 aromatic heterocycles. The van der Waals surface area contributed by atoms with Gasteiger partial charge in [-0.25, -0.2) is 0 Å². The van der Waals surface area contributed by atoms with Gasteiger partial charge in [0, 0.05) is 36.9 Å². The number of carbonyl (C=O) groups is 1. The molecular weight excluding hydrogens is 321 g/mol. The molecule has 1 aliphatic heterocycles. The van der Waals surface area contributed by atoms with Gasteiger partial charge in [-0.2, -0.15) is 0 Å². The number of halogens is 2. The maximum atomic E-state index is 12.5. The van der Waals surface area contributed by atoms with Crippen LogP contribution < -0.4 is 10.6 Å². The van der Waals surface area contributed by atoms with E-state index in [9.17, 15) is 4.79 Å². The van der Waals surface area contributed by atoms with Crippen LogP contribution in [0.2, 0.25) is 5.02 Å². The average Bonchev–Trinajstić information content (AvgIpc) is 2.46. The zero-order chi connectivity index (χ0) is 15.5. The third kappa shape index (κ3) is 4.51. The van der Waals surface area contributed by atoms with Gasteiger partial charge in [-0.1, -0.05) is 31.0 Å². The van der Waals surface area contributed by atoms with Gasteiger partial charge in [-0.05, 0) is 31.5 Å². The number of nitrogens with two attached hydrogens (primary N) is 1. The second kappa shape index (κ2) is 8.04. The molecule has 1 amide bonds. The fourth-order valence-corrected chi connectivity index (χ4v) is 3.01. The summed E-state index contributed by atoms with van der Waals surface area (Å²) in [6.07, 6.45) is 1.64. The molecule has 1 aliphatic rings. The Hall–Kier alpha value is -0.970. The highest BCUT2D eigenvalue weighted by atomic mass is 35.5. The Labute approximate surface area is 144 Å². The van der Waals surface area contributed by atoms with E-state index in [0.717, 1.165) is 36.6 Å². The van der Waals surface area contributed by atoms with Crippen molar-refractivity contribution in [3.63, 3.8) is 0 Å². The first-order valence-electron chi connectivity index (χ1n) is 7.53. The van der Waals surface area contributed by atoms with E-state index in [1.807, 2.05) is 36.1 Å². The SMILES string of the molecule is CCCC(C)(N)C(=O)N1CCN(c2cccc(Cl)c2)CC1.Cl. The van der Waals surface area contributed by atoms with Crippen molar-refractivity contribution in [2.45, 2.75) is 32.2 Å². The van der Waals surface area contributed by atoms with Crippen LogP contribution in [0.25, 0.3) is 0 Å². The molecule has 0 aliphatic carbocycles. The minimum Gasteiger partial charge on any atom is -0.368 e. The minimum atomic E-state index is -0.743. The number of hydrogen-bond donors (Lipinski definition) is 1. The van der Waals surface area contributed by atoms with Gasteiger partial charge in [-0.15, -0.1) is 12.4 Å². The fourth-order valence-electron chi connectivity index (χ4n) is 2.83. The van der Waals surface area contributed by atoms with Crippen LogP contribution in [0, 0.1) is 0 Å². The van der Waals surface area contributed by atoms with Crippen molar-refractivity contribution in [3.05, 3.63) is 29.3 Å². The number of piperazine rings is 1. The van der Waals surface area contributed by atoms with Gasteiger partial charge in [0.1, 0.15) is 0 Å². The van der Waals surface area contributed by atoms with Crippen molar-refractivity contribution in [2.24, 2.45) is 5.73 Å². The third-order valence-electron chi connectivity index (χ3n) is 4.00. The van der Waals surface area contributed by atoms with Crippen LogP contribution in [0.3, 0.4) is 0 Å². The molecule has 124 valence electrons. The molecule has 1 fully saturated rings. The van der Waals surface area contributed by atoms with E-state index in [2.05, 4.69) is 11.8 Å². The smallest absolute Gasteiger partial charge is 0.242 e. The summed E-state index contributed by atoms with van der Waals surface area (Å²) < 4.78 is 0. The quantitative estimate of drug-likeness (QED) is 0.912. The molecule has 1 atom stereocenters. The zero-order valence-electron chi connectivity index (χ0n) is 13.2. The molecule has 1 aromatic carbocycles. The molecular formula is C16H25Cl2N3O. The van der Waals surface area contributed by atoms with Crippen LogP contribution in [-0.2, 0) is 4.79 Å². The Morgan fingerprint density at radius 2 is 1.95 bits per heavy atom. The molecule has 1 saturated heterocycles. The van der Waals surface area contributed by atoms with E-state index < -0.39 is 5.54 Å². The van der Waals surface area contributed by atoms with Crippen molar-refractivity contribution in [3.8, 4) is 0 Å². The van der Waals surface area contributed by atoms with Gasteiger partial charge in [0.15, 0.2) is 0 Å². The summed E-state index contributed by atoms with van der Waals surface area (Å²) in [6, 6.07) is 7.83. The van der Waals surface area contributed by atoms with Gasteiger partial charge < -0.3 is 15.5 Å². The van der Waals surface area contributed by atoms with Gasteiger partial charge in [-0.3, -0.25) is 4.79 Å². The molecule has 0 radical (unpaired) electrons. The highest BCUT2D eigenvalue weighted by Crippen LogP contribution is 2.22. The van der Waals surface area contributed by atoms with Crippen LogP contribution in [0.15, 0.2) is 24.3 Å². The summed E-state index contributed by atoms with van der Waals surface area (Å²) in [4.78, 5) is 16.6. The maximum Gasteiger partial charge on any atom is 0.242 e. The number of amides is 1. The number of rotatable bonds is 4. The molecule has 0 spiro atoms. The molecule has 4 nitrogen and oxygen atoms in total. The molecule has 1 heterocycles. The van der Waals surface area contributed by atoms with E-state index in [4.69, 9.17) is 17.3 Å². The Kier molecular flexibility index (Phi) is 6.98. The lowest BCUT2D eigenvalue weighted by molar-refractivity contribution is -0.137. The first-order chi connectivity index (χ1) is 9.94. The normalized spacial score (nSPS) is 17.6. The van der Waals surface area contributed by atoms with Gasteiger partial charge in [0.25, 0.3) is 0 Å². The van der Waals surface area contributed by atoms with Crippen LogP contribution in [0.1, 0.15) is 26.7 Å². The summed E-state index contributed by atoms with van der Waals surface area (Å²) in [6.45, 7) is 6.93. The van der Waals surface area contributed by atoms with Crippen LogP contribution in [0.5, 0.6) is 0 Å². The minimum absolute atomic E-state index is 0. The monoisotopic (exact) mass is 345 g/mol. The van der Waals surface area contributed by atoms with E-state index >= 15 is 0 Å². The van der Waals surface area contributed by atoms with E-state index in [0.29, 0.717) is 13.1 Å². The Morgan fingerprint density at radius 3 is 2.50 bits per heavy atom. The Bertz CT molecular complexity index is 500. The van der Waals surface area contributed by atoms with E-state index in [1.165, 1.54) is 0 Å². The summed E-state index contributed by atoms with van der Waals surface area (Å²) in [5.74, 6) is 0.0649. The Balaban J connectivity index is 0.00000242. The standard InChI is InChI=1S/C16H24ClN3O.ClH/c1-3-7-16(2,18)15(21)20-10-8-19(9-11-20)14-6-4-5-13(17)12-14;/h4-6,12H,3,7-11,18H2,1-2H3;1H. The first-order valence-corrected chi connectivity index (χ1v) is 7.90. The molecule has 2 N–H and O–H groups in total. The molecule has 6 heteroatoms. The predicted octanol–water partition coefficient (Wildman–Crippen LogP) is 2.93. The number of benzene rings is 1. The van der Waals surface area contributed by atoms with Crippen molar-refractivity contribution >= 4 is 35.6 Å².